The zero-order chi connectivity index (χ0) is 15.2. The Balaban J connectivity index is 2.12. The van der Waals surface area contributed by atoms with Crippen LogP contribution in [0.5, 0.6) is 0 Å². The summed E-state index contributed by atoms with van der Waals surface area (Å²) >= 11 is 0. The van der Waals surface area contributed by atoms with Crippen LogP contribution < -0.4 is 5.32 Å². The normalized spacial score (nSPS) is 9.86. The molecular weight excluding hydrogens is 266 g/mol. The number of aryl methyl sites for hydroxylation is 1. The van der Waals surface area contributed by atoms with Gasteiger partial charge < -0.3 is 10.4 Å². The molecule has 2 aromatic rings. The van der Waals surface area contributed by atoms with Crippen molar-refractivity contribution in [3.05, 3.63) is 52.8 Å². The minimum atomic E-state index is -0.231. The van der Waals surface area contributed by atoms with Gasteiger partial charge in [-0.1, -0.05) is 24.0 Å². The number of nitrogens with one attached hydrogen (secondary N) is 1. The predicted octanol–water partition coefficient (Wildman–Crippen LogP) is 1.00. The number of benzene rings is 1. The van der Waals surface area contributed by atoms with Crippen LogP contribution in [0.2, 0.25) is 0 Å². The summed E-state index contributed by atoms with van der Waals surface area (Å²) < 4.78 is 1.77. The molecule has 0 aliphatic rings. The van der Waals surface area contributed by atoms with E-state index in [2.05, 4.69) is 22.3 Å². The first-order valence-electron chi connectivity index (χ1n) is 6.58. The zero-order valence-electron chi connectivity index (χ0n) is 12.1. The van der Waals surface area contributed by atoms with Crippen LogP contribution >= 0.6 is 0 Å². The molecule has 0 unspecified atom stereocenters. The van der Waals surface area contributed by atoms with Crippen LogP contribution in [0.3, 0.4) is 0 Å². The molecule has 0 fully saturated rings. The lowest BCUT2D eigenvalue weighted by Crippen LogP contribution is -2.23. The summed E-state index contributed by atoms with van der Waals surface area (Å²) in [6.07, 6.45) is 1.74. The second kappa shape index (κ2) is 6.73. The highest BCUT2D eigenvalue weighted by atomic mass is 16.2. The Morgan fingerprint density at radius 2 is 2.19 bits per heavy atom. The van der Waals surface area contributed by atoms with Crippen LogP contribution in [0, 0.1) is 18.8 Å². The predicted molar refractivity (Wildman–Crippen MR) is 79.5 cm³/mol. The summed E-state index contributed by atoms with van der Waals surface area (Å²) in [6.45, 7) is 2.14. The fourth-order valence-electron chi connectivity index (χ4n) is 1.91. The molecular formula is C16H17N3O2. The average Bonchev–Trinajstić information content (AvgIpc) is 2.82. The fourth-order valence-corrected chi connectivity index (χ4v) is 1.91. The molecule has 5 heteroatoms. The SMILES string of the molecule is Cc1c(CNC(=O)c2ccccc2C#CCO)cnn1C. The van der Waals surface area contributed by atoms with Crippen LogP contribution in [-0.2, 0) is 13.6 Å². The third-order valence-corrected chi connectivity index (χ3v) is 3.25. The number of nitrogens with zero attached hydrogens (tertiary/aromatic N) is 2. The highest BCUT2D eigenvalue weighted by Gasteiger charge is 2.11. The molecule has 1 aromatic carbocycles. The van der Waals surface area contributed by atoms with Crippen LogP contribution in [0.1, 0.15) is 27.2 Å². The summed E-state index contributed by atoms with van der Waals surface area (Å²) in [7, 11) is 1.86. The summed E-state index contributed by atoms with van der Waals surface area (Å²) in [5.41, 5.74) is 3.10. The molecule has 0 aliphatic carbocycles. The minimum absolute atomic E-state index is 0.193. The van der Waals surface area contributed by atoms with Crippen molar-refractivity contribution >= 4 is 5.91 Å². The van der Waals surface area contributed by atoms with E-state index < -0.39 is 0 Å². The molecule has 21 heavy (non-hydrogen) atoms. The van der Waals surface area contributed by atoms with E-state index in [9.17, 15) is 4.79 Å². The number of aliphatic hydroxyl groups is 1. The Labute approximate surface area is 123 Å². The molecule has 2 rings (SSSR count). The Morgan fingerprint density at radius 1 is 1.43 bits per heavy atom. The Kier molecular flexibility index (Phi) is 4.75. The lowest BCUT2D eigenvalue weighted by molar-refractivity contribution is 0.0950. The van der Waals surface area contributed by atoms with Gasteiger partial charge in [0.1, 0.15) is 6.61 Å². The molecule has 0 radical (unpaired) electrons. The van der Waals surface area contributed by atoms with Crippen LogP contribution in [0.15, 0.2) is 30.5 Å². The van der Waals surface area contributed by atoms with Gasteiger partial charge in [-0.05, 0) is 19.1 Å². The highest BCUT2D eigenvalue weighted by molar-refractivity contribution is 5.96. The number of hydrogen-bond acceptors (Lipinski definition) is 3. The maximum Gasteiger partial charge on any atom is 0.252 e. The second-order valence-electron chi connectivity index (χ2n) is 4.57. The number of aromatic nitrogens is 2. The third kappa shape index (κ3) is 3.50. The number of hydrogen-bond donors (Lipinski definition) is 2. The first kappa shape index (κ1) is 14.8. The fraction of sp³-hybridized carbons (Fsp3) is 0.250. The second-order valence-corrected chi connectivity index (χ2v) is 4.57. The Morgan fingerprint density at radius 3 is 2.86 bits per heavy atom. The first-order chi connectivity index (χ1) is 10.1. The molecule has 1 amide bonds. The summed E-state index contributed by atoms with van der Waals surface area (Å²) in [6, 6.07) is 7.07. The van der Waals surface area contributed by atoms with Crippen molar-refractivity contribution in [2.24, 2.45) is 7.05 Å². The third-order valence-electron chi connectivity index (χ3n) is 3.25. The maximum atomic E-state index is 12.3. The van der Waals surface area contributed by atoms with E-state index in [1.807, 2.05) is 20.0 Å². The van der Waals surface area contributed by atoms with Crippen molar-refractivity contribution in [1.82, 2.24) is 15.1 Å². The first-order valence-corrected chi connectivity index (χ1v) is 6.58. The van der Waals surface area contributed by atoms with Crippen LogP contribution in [-0.4, -0.2) is 27.4 Å². The van der Waals surface area contributed by atoms with Crippen LogP contribution in [0.4, 0.5) is 0 Å². The van der Waals surface area contributed by atoms with E-state index in [4.69, 9.17) is 5.11 Å². The summed E-state index contributed by atoms with van der Waals surface area (Å²) in [5, 5.41) is 15.8. The van der Waals surface area contributed by atoms with Gasteiger partial charge >= 0.3 is 0 Å². The minimum Gasteiger partial charge on any atom is -0.384 e. The standard InChI is InChI=1S/C16H17N3O2/c1-12-14(11-18-19(12)2)10-17-16(21)15-8-4-3-6-13(15)7-5-9-20/h3-4,6,8,11,20H,9-10H2,1-2H3,(H,17,21). The number of carbonyl (C=O) groups excluding carboxylic acids is 1. The van der Waals surface area contributed by atoms with E-state index in [1.165, 1.54) is 0 Å². The molecule has 0 aliphatic heterocycles. The Hall–Kier alpha value is -2.58. The molecule has 0 atom stereocenters. The van der Waals surface area contributed by atoms with Gasteiger partial charge in [0.15, 0.2) is 0 Å². The molecule has 0 saturated carbocycles. The van der Waals surface area contributed by atoms with Crippen molar-refractivity contribution in [1.29, 1.82) is 0 Å². The smallest absolute Gasteiger partial charge is 0.252 e. The number of rotatable bonds is 3. The van der Waals surface area contributed by atoms with Gasteiger partial charge in [0.25, 0.3) is 5.91 Å². The van der Waals surface area contributed by atoms with Gasteiger partial charge in [0.2, 0.25) is 0 Å². The van der Waals surface area contributed by atoms with Crippen molar-refractivity contribution < 1.29 is 9.90 Å². The van der Waals surface area contributed by atoms with Crippen LogP contribution in [0.25, 0.3) is 0 Å². The largest absolute Gasteiger partial charge is 0.384 e. The van der Waals surface area contributed by atoms with Crippen molar-refractivity contribution in [3.8, 4) is 11.8 Å². The summed E-state index contributed by atoms with van der Waals surface area (Å²) in [4.78, 5) is 12.3. The Bertz CT molecular complexity index is 708. The molecule has 1 heterocycles. The topological polar surface area (TPSA) is 67.2 Å². The van der Waals surface area contributed by atoms with Gasteiger partial charge in [-0.2, -0.15) is 5.10 Å². The van der Waals surface area contributed by atoms with E-state index >= 15 is 0 Å². The maximum absolute atomic E-state index is 12.3. The number of carbonyl (C=O) groups is 1. The van der Waals surface area contributed by atoms with Gasteiger partial charge in [0.05, 0.1) is 11.8 Å². The van der Waals surface area contributed by atoms with Crippen molar-refractivity contribution in [2.45, 2.75) is 13.5 Å². The highest BCUT2D eigenvalue weighted by Crippen LogP contribution is 2.09. The molecule has 0 spiro atoms. The average molecular weight is 283 g/mol. The van der Waals surface area contributed by atoms with Gasteiger partial charge in [-0.25, -0.2) is 0 Å². The van der Waals surface area contributed by atoms with Crippen molar-refractivity contribution in [3.63, 3.8) is 0 Å². The lowest BCUT2D eigenvalue weighted by atomic mass is 10.1. The molecule has 2 N–H and O–H groups in total. The monoisotopic (exact) mass is 283 g/mol. The molecule has 1 aromatic heterocycles. The quantitative estimate of drug-likeness (QED) is 0.826. The van der Waals surface area contributed by atoms with E-state index in [0.717, 1.165) is 11.3 Å². The molecule has 0 saturated heterocycles. The van der Waals surface area contributed by atoms with Gasteiger partial charge in [-0.3, -0.25) is 9.48 Å². The number of aliphatic hydroxyl groups excluding tert-OH is 1. The van der Waals surface area contributed by atoms with E-state index in [0.29, 0.717) is 17.7 Å². The summed E-state index contributed by atoms with van der Waals surface area (Å²) in [5.74, 6) is 5.15. The number of amides is 1. The molecule has 0 bridgehead atoms. The van der Waals surface area contributed by atoms with E-state index in [1.54, 1.807) is 29.1 Å². The van der Waals surface area contributed by atoms with Gasteiger partial charge in [-0.15, -0.1) is 0 Å². The molecule has 108 valence electrons. The van der Waals surface area contributed by atoms with Crippen molar-refractivity contribution in [2.75, 3.05) is 6.61 Å². The zero-order valence-corrected chi connectivity index (χ0v) is 12.1. The van der Waals surface area contributed by atoms with Gasteiger partial charge in [0, 0.05) is 30.4 Å². The molecule has 5 nitrogen and oxygen atoms in total. The lowest BCUT2D eigenvalue weighted by Gasteiger charge is -2.07. The van der Waals surface area contributed by atoms with E-state index in [-0.39, 0.29) is 12.5 Å².